The number of carbonyl (C=O) groups is 1. The highest BCUT2D eigenvalue weighted by Crippen LogP contribution is 2.33. The van der Waals surface area contributed by atoms with Crippen LogP contribution in [0.1, 0.15) is 6.42 Å². The van der Waals surface area contributed by atoms with Crippen molar-refractivity contribution in [3.05, 3.63) is 16.6 Å². The summed E-state index contributed by atoms with van der Waals surface area (Å²) in [7, 11) is 0. The standard InChI is InChI=1S/C9H10N4O5/c10-12-6-7(15)11-9(16)13-5-1-3(14)4(18-5)2-17-8(6)13/h3-5,8,14H,1-2H2,(H-,11,15,16)/p+1. The lowest BCUT2D eigenvalue weighted by Gasteiger charge is -2.32. The predicted octanol–water partition coefficient (Wildman–Crippen LogP) is -0.576. The van der Waals surface area contributed by atoms with Crippen LogP contribution in [0.4, 0.5) is 4.79 Å². The van der Waals surface area contributed by atoms with Gasteiger partial charge in [-0.15, -0.1) is 0 Å². The minimum Gasteiger partial charge on any atom is -0.489 e. The van der Waals surface area contributed by atoms with Gasteiger partial charge in [0.15, 0.2) is 4.98 Å². The highest BCUT2D eigenvalue weighted by Gasteiger charge is 2.53. The van der Waals surface area contributed by atoms with Gasteiger partial charge in [0, 0.05) is 6.42 Å². The van der Waals surface area contributed by atoms with Gasteiger partial charge >= 0.3 is 11.7 Å². The number of nitrogens with one attached hydrogen (secondary N) is 1. The zero-order chi connectivity index (χ0) is 12.9. The minimum atomic E-state index is -1.02. The Morgan fingerprint density at radius 3 is 3.06 bits per heavy atom. The van der Waals surface area contributed by atoms with E-state index in [4.69, 9.17) is 14.9 Å². The Bertz CT molecular complexity index is 472. The van der Waals surface area contributed by atoms with Gasteiger partial charge in [-0.2, -0.15) is 0 Å². The minimum absolute atomic E-state index is 0.0401. The monoisotopic (exact) mass is 255 g/mol. The maximum absolute atomic E-state index is 11.8. The first-order valence-corrected chi connectivity index (χ1v) is 5.44. The molecule has 9 nitrogen and oxygen atoms in total. The van der Waals surface area contributed by atoms with E-state index < -0.39 is 36.6 Å². The summed E-state index contributed by atoms with van der Waals surface area (Å²) in [4.78, 5) is 15.9. The molecule has 0 aromatic rings. The first kappa shape index (κ1) is 11.2. The van der Waals surface area contributed by atoms with E-state index in [2.05, 4.69) is 10.3 Å². The maximum Gasteiger partial charge on any atom is 0.469 e. The molecule has 0 radical (unpaired) electrons. The molecule has 96 valence electrons. The molecular weight excluding hydrogens is 244 g/mol. The average molecular weight is 255 g/mol. The normalized spacial score (nSPS) is 38.9. The molecule has 0 aliphatic carbocycles. The number of hydrogen-bond acceptors (Lipinski definition) is 6. The van der Waals surface area contributed by atoms with Crippen LogP contribution >= 0.6 is 0 Å². The number of ether oxygens (including phenoxy) is 2. The molecule has 3 aliphatic heterocycles. The van der Waals surface area contributed by atoms with Gasteiger partial charge in [0.25, 0.3) is 12.1 Å². The van der Waals surface area contributed by atoms with Crippen molar-refractivity contribution in [1.82, 2.24) is 10.2 Å². The zero-order valence-corrected chi connectivity index (χ0v) is 9.18. The number of aliphatic hydroxyl groups excluding tert-OH is 2. The second kappa shape index (κ2) is 3.81. The fraction of sp³-hybridized carbons (Fsp3) is 0.667. The summed E-state index contributed by atoms with van der Waals surface area (Å²) in [6, 6.07) is -0.635. The molecule has 2 bridgehead atoms. The summed E-state index contributed by atoms with van der Waals surface area (Å²) in [5, 5.41) is 30.2. The molecule has 4 unspecified atom stereocenters. The van der Waals surface area contributed by atoms with Gasteiger partial charge in [0.05, 0.1) is 12.7 Å². The summed E-state index contributed by atoms with van der Waals surface area (Å²) < 4.78 is 10.8. The quantitative estimate of drug-likeness (QED) is 0.498. The molecule has 2 fully saturated rings. The van der Waals surface area contributed by atoms with Crippen molar-refractivity contribution in [1.29, 1.82) is 5.39 Å². The topological polar surface area (TPSA) is 119 Å². The molecule has 3 rings (SSSR count). The van der Waals surface area contributed by atoms with Gasteiger partial charge in [-0.3, -0.25) is 10.2 Å². The molecule has 3 N–H and O–H groups in total. The number of amides is 2. The highest BCUT2D eigenvalue weighted by molar-refractivity contribution is 5.78. The van der Waals surface area contributed by atoms with Crippen LogP contribution in [-0.4, -0.2) is 52.4 Å². The van der Waals surface area contributed by atoms with Crippen LogP contribution < -0.4 is 5.32 Å². The Hall–Kier alpha value is -1.89. The third-order valence-corrected chi connectivity index (χ3v) is 3.23. The number of fused-ring (bicyclic) bond motifs is 4. The number of hydrogen-bond donors (Lipinski definition) is 3. The number of aliphatic hydroxyl groups is 2. The third-order valence-electron chi connectivity index (χ3n) is 3.23. The second-order valence-corrected chi connectivity index (χ2v) is 4.29. The Morgan fingerprint density at radius 2 is 2.33 bits per heavy atom. The van der Waals surface area contributed by atoms with Crippen LogP contribution in [-0.2, 0) is 9.47 Å². The van der Waals surface area contributed by atoms with Crippen LogP contribution in [0.2, 0.25) is 0 Å². The van der Waals surface area contributed by atoms with Crippen LogP contribution in [0.25, 0.3) is 4.98 Å². The van der Waals surface area contributed by atoms with E-state index in [0.717, 1.165) is 4.90 Å². The molecule has 2 saturated heterocycles. The Balaban J connectivity index is 1.99. The van der Waals surface area contributed by atoms with E-state index in [9.17, 15) is 15.0 Å². The van der Waals surface area contributed by atoms with Crippen LogP contribution in [0, 0.1) is 5.39 Å². The van der Waals surface area contributed by atoms with E-state index >= 15 is 0 Å². The second-order valence-electron chi connectivity index (χ2n) is 4.29. The number of diazo groups is 1. The molecule has 9 heteroatoms. The smallest absolute Gasteiger partial charge is 0.469 e. The summed E-state index contributed by atoms with van der Waals surface area (Å²) >= 11 is 0. The van der Waals surface area contributed by atoms with E-state index in [1.54, 1.807) is 0 Å². The lowest BCUT2D eigenvalue weighted by Crippen LogP contribution is -2.56. The van der Waals surface area contributed by atoms with Gasteiger partial charge in [-0.25, -0.2) is 4.79 Å². The van der Waals surface area contributed by atoms with Crippen molar-refractivity contribution in [2.24, 2.45) is 0 Å². The molecule has 0 aromatic carbocycles. The molecule has 0 aromatic heterocycles. The largest absolute Gasteiger partial charge is 0.489 e. The number of nitrogens with zero attached hydrogens (tertiary/aromatic N) is 3. The molecule has 3 heterocycles. The Morgan fingerprint density at radius 1 is 1.56 bits per heavy atom. The van der Waals surface area contributed by atoms with Crippen molar-refractivity contribution < 1.29 is 24.5 Å². The molecule has 18 heavy (non-hydrogen) atoms. The van der Waals surface area contributed by atoms with E-state index in [0.29, 0.717) is 0 Å². The SMILES string of the molecule is N#[N+]C1=C(O)NC(=O)N2C3CC(O)C(COC12)O3. The molecule has 4 atom stereocenters. The predicted molar refractivity (Wildman–Crippen MR) is 54.1 cm³/mol. The molecular formula is C9H11N4O5+. The van der Waals surface area contributed by atoms with Crippen molar-refractivity contribution in [3.63, 3.8) is 0 Å². The van der Waals surface area contributed by atoms with Gasteiger partial charge in [0.1, 0.15) is 12.3 Å². The lowest BCUT2D eigenvalue weighted by atomic mass is 10.1. The third kappa shape index (κ3) is 1.43. The van der Waals surface area contributed by atoms with Crippen LogP contribution in [0.15, 0.2) is 11.6 Å². The first-order chi connectivity index (χ1) is 8.61. The van der Waals surface area contributed by atoms with Crippen LogP contribution in [0.5, 0.6) is 0 Å². The number of rotatable bonds is 0. The number of urea groups is 1. The average Bonchev–Trinajstić information content (AvgIpc) is 2.55. The zero-order valence-electron chi connectivity index (χ0n) is 9.18. The van der Waals surface area contributed by atoms with Crippen molar-refractivity contribution in [2.45, 2.75) is 31.1 Å². The van der Waals surface area contributed by atoms with E-state index in [-0.39, 0.29) is 18.7 Å². The summed E-state index contributed by atoms with van der Waals surface area (Å²) in [5.41, 5.74) is -0.194. The molecule has 0 saturated carbocycles. The Labute approximate surface area is 101 Å². The van der Waals surface area contributed by atoms with Crippen molar-refractivity contribution >= 4 is 6.03 Å². The summed E-state index contributed by atoms with van der Waals surface area (Å²) in [6.45, 7) is 0.0401. The van der Waals surface area contributed by atoms with Gasteiger partial charge in [-0.1, -0.05) is 0 Å². The fourth-order valence-electron chi connectivity index (χ4n) is 2.34. The number of carbonyl (C=O) groups excluding carboxylic acids is 1. The highest BCUT2D eigenvalue weighted by atomic mass is 16.6. The first-order valence-electron chi connectivity index (χ1n) is 5.44. The van der Waals surface area contributed by atoms with E-state index in [1.165, 1.54) is 0 Å². The Kier molecular flexibility index (Phi) is 2.37. The van der Waals surface area contributed by atoms with Crippen molar-refractivity contribution in [3.8, 4) is 0 Å². The molecule has 3 aliphatic rings. The summed E-state index contributed by atoms with van der Waals surface area (Å²) in [6.07, 6.45) is -2.70. The lowest BCUT2D eigenvalue weighted by molar-refractivity contribution is -0.0525. The van der Waals surface area contributed by atoms with Gasteiger partial charge in [-0.05, 0) is 0 Å². The molecule has 2 amide bonds. The summed E-state index contributed by atoms with van der Waals surface area (Å²) in [5.74, 6) is -0.554. The maximum atomic E-state index is 11.8. The molecule has 0 spiro atoms. The fourth-order valence-corrected chi connectivity index (χ4v) is 2.34. The van der Waals surface area contributed by atoms with Gasteiger partial charge < -0.3 is 19.7 Å². The van der Waals surface area contributed by atoms with E-state index in [1.807, 2.05) is 0 Å². The van der Waals surface area contributed by atoms with Crippen LogP contribution in [0.3, 0.4) is 0 Å². The van der Waals surface area contributed by atoms with Crippen molar-refractivity contribution in [2.75, 3.05) is 6.61 Å². The van der Waals surface area contributed by atoms with Gasteiger partial charge in [0.2, 0.25) is 5.39 Å².